The number of amides is 1. The van der Waals surface area contributed by atoms with Gasteiger partial charge in [-0.05, 0) is 25.5 Å². The van der Waals surface area contributed by atoms with Crippen LogP contribution in [0.25, 0.3) is 0 Å². The number of rotatable bonds is 6. The maximum absolute atomic E-state index is 12.0. The van der Waals surface area contributed by atoms with E-state index in [2.05, 4.69) is 10.0 Å². The van der Waals surface area contributed by atoms with Crippen molar-refractivity contribution in [3.8, 4) is 5.75 Å². The zero-order valence-corrected chi connectivity index (χ0v) is 11.7. The Hall–Kier alpha value is -1.60. The average molecular weight is 286 g/mol. The van der Waals surface area contributed by atoms with Crippen LogP contribution in [0.3, 0.4) is 0 Å². The standard InChI is InChI=1S/C12H18N2O4S/c1-3-8-13-12(16)9(2)14-19(17,18)11-7-5-4-6-10(11)15/h4-7,9,14-15H,3,8H2,1-2H3,(H,13,16). The number of carbonyl (C=O) groups excluding carboxylic acids is 1. The summed E-state index contributed by atoms with van der Waals surface area (Å²) < 4.78 is 26.2. The molecule has 0 saturated heterocycles. The van der Waals surface area contributed by atoms with Crippen LogP contribution in [0.4, 0.5) is 0 Å². The molecule has 1 amide bonds. The first-order valence-corrected chi connectivity index (χ1v) is 7.45. The summed E-state index contributed by atoms with van der Waals surface area (Å²) in [7, 11) is -3.92. The lowest BCUT2D eigenvalue weighted by Crippen LogP contribution is -2.44. The molecule has 1 aromatic rings. The molecule has 0 aromatic heterocycles. The third-order valence-corrected chi connectivity index (χ3v) is 4.02. The predicted molar refractivity (Wildman–Crippen MR) is 71.2 cm³/mol. The topological polar surface area (TPSA) is 95.5 Å². The van der Waals surface area contributed by atoms with E-state index in [9.17, 15) is 18.3 Å². The largest absolute Gasteiger partial charge is 0.507 e. The number of sulfonamides is 1. The molecule has 0 saturated carbocycles. The lowest BCUT2D eigenvalue weighted by atomic mass is 10.3. The number of carbonyl (C=O) groups is 1. The van der Waals surface area contributed by atoms with Crippen molar-refractivity contribution < 1.29 is 18.3 Å². The monoisotopic (exact) mass is 286 g/mol. The molecular weight excluding hydrogens is 268 g/mol. The molecule has 106 valence electrons. The van der Waals surface area contributed by atoms with E-state index in [1.807, 2.05) is 6.92 Å². The molecule has 19 heavy (non-hydrogen) atoms. The summed E-state index contributed by atoms with van der Waals surface area (Å²) in [5.74, 6) is -0.753. The molecular formula is C12H18N2O4S. The molecule has 1 atom stereocenters. The Morgan fingerprint density at radius 2 is 2.00 bits per heavy atom. The van der Waals surface area contributed by atoms with E-state index in [0.29, 0.717) is 6.54 Å². The number of nitrogens with one attached hydrogen (secondary N) is 2. The first kappa shape index (κ1) is 15.5. The number of hydrogen-bond acceptors (Lipinski definition) is 4. The maximum Gasteiger partial charge on any atom is 0.244 e. The zero-order valence-electron chi connectivity index (χ0n) is 10.9. The second-order valence-electron chi connectivity index (χ2n) is 4.10. The highest BCUT2D eigenvalue weighted by Crippen LogP contribution is 2.21. The van der Waals surface area contributed by atoms with Crippen LogP contribution in [0.15, 0.2) is 29.2 Å². The van der Waals surface area contributed by atoms with Crippen LogP contribution in [0.1, 0.15) is 20.3 Å². The normalized spacial score (nSPS) is 12.9. The summed E-state index contributed by atoms with van der Waals surface area (Å²) >= 11 is 0. The molecule has 7 heteroatoms. The predicted octanol–water partition coefficient (Wildman–Crippen LogP) is 0.585. The lowest BCUT2D eigenvalue weighted by molar-refractivity contribution is -0.122. The fraction of sp³-hybridized carbons (Fsp3) is 0.417. The van der Waals surface area contributed by atoms with Gasteiger partial charge >= 0.3 is 0 Å². The van der Waals surface area contributed by atoms with Gasteiger partial charge in [0.15, 0.2) is 0 Å². The van der Waals surface area contributed by atoms with Gasteiger partial charge in [-0.3, -0.25) is 4.79 Å². The van der Waals surface area contributed by atoms with Gasteiger partial charge in [0.05, 0.1) is 6.04 Å². The Morgan fingerprint density at radius 1 is 1.37 bits per heavy atom. The summed E-state index contributed by atoms with van der Waals surface area (Å²) in [5, 5.41) is 12.1. The first-order valence-electron chi connectivity index (χ1n) is 5.96. The molecule has 1 unspecified atom stereocenters. The zero-order chi connectivity index (χ0) is 14.5. The number of benzene rings is 1. The number of hydrogen-bond donors (Lipinski definition) is 3. The van der Waals surface area contributed by atoms with Crippen LogP contribution >= 0.6 is 0 Å². The van der Waals surface area contributed by atoms with Crippen molar-refractivity contribution in [3.05, 3.63) is 24.3 Å². The van der Waals surface area contributed by atoms with Gasteiger partial charge < -0.3 is 10.4 Å². The van der Waals surface area contributed by atoms with Crippen LogP contribution in [0.2, 0.25) is 0 Å². The highest BCUT2D eigenvalue weighted by atomic mass is 32.2. The third kappa shape index (κ3) is 4.22. The minimum absolute atomic E-state index is 0.245. The fourth-order valence-corrected chi connectivity index (χ4v) is 2.74. The quantitative estimate of drug-likeness (QED) is 0.713. The van der Waals surface area contributed by atoms with E-state index in [1.165, 1.54) is 31.2 Å². The second-order valence-corrected chi connectivity index (χ2v) is 5.78. The van der Waals surface area contributed by atoms with Crippen LogP contribution in [0, 0.1) is 0 Å². The molecule has 1 rings (SSSR count). The molecule has 3 N–H and O–H groups in total. The molecule has 0 bridgehead atoms. The summed E-state index contributed by atoms with van der Waals surface area (Å²) in [6, 6.07) is 4.66. The van der Waals surface area contributed by atoms with E-state index in [-0.39, 0.29) is 10.6 Å². The molecule has 0 heterocycles. The van der Waals surface area contributed by atoms with Gasteiger partial charge in [-0.25, -0.2) is 8.42 Å². The minimum atomic E-state index is -3.92. The average Bonchev–Trinajstić information content (AvgIpc) is 2.35. The molecule has 0 radical (unpaired) electrons. The van der Waals surface area contributed by atoms with Crippen molar-refractivity contribution in [1.29, 1.82) is 0 Å². The van der Waals surface area contributed by atoms with Crippen molar-refractivity contribution in [2.45, 2.75) is 31.2 Å². The lowest BCUT2D eigenvalue weighted by Gasteiger charge is -2.14. The Labute approximate surface area is 112 Å². The van der Waals surface area contributed by atoms with Crippen molar-refractivity contribution in [1.82, 2.24) is 10.0 Å². The SMILES string of the molecule is CCCNC(=O)C(C)NS(=O)(=O)c1ccccc1O. The second kappa shape index (κ2) is 6.53. The van der Waals surface area contributed by atoms with Gasteiger partial charge in [0.25, 0.3) is 0 Å². The van der Waals surface area contributed by atoms with Crippen LogP contribution in [-0.4, -0.2) is 32.0 Å². The Kier molecular flexibility index (Phi) is 5.31. The summed E-state index contributed by atoms with van der Waals surface area (Å²) in [5.41, 5.74) is 0. The number of aromatic hydroxyl groups is 1. The molecule has 0 spiro atoms. The molecule has 0 fully saturated rings. The Balaban J connectivity index is 2.81. The summed E-state index contributed by atoms with van der Waals surface area (Å²) in [6.45, 7) is 3.83. The smallest absolute Gasteiger partial charge is 0.244 e. The number of phenols is 1. The van der Waals surface area contributed by atoms with Crippen molar-refractivity contribution >= 4 is 15.9 Å². The van der Waals surface area contributed by atoms with Crippen LogP contribution in [-0.2, 0) is 14.8 Å². The molecule has 6 nitrogen and oxygen atoms in total. The molecule has 0 aliphatic heterocycles. The van der Waals surface area contributed by atoms with Gasteiger partial charge in [-0.1, -0.05) is 19.1 Å². The van der Waals surface area contributed by atoms with E-state index in [4.69, 9.17) is 0 Å². The molecule has 0 aliphatic rings. The van der Waals surface area contributed by atoms with Crippen molar-refractivity contribution in [2.24, 2.45) is 0 Å². The van der Waals surface area contributed by atoms with E-state index < -0.39 is 22.0 Å². The van der Waals surface area contributed by atoms with Crippen molar-refractivity contribution in [3.63, 3.8) is 0 Å². The van der Waals surface area contributed by atoms with Gasteiger partial charge in [0.1, 0.15) is 10.6 Å². The van der Waals surface area contributed by atoms with Crippen LogP contribution < -0.4 is 10.0 Å². The van der Waals surface area contributed by atoms with Crippen LogP contribution in [0.5, 0.6) is 5.75 Å². The Bertz CT molecular complexity index is 542. The maximum atomic E-state index is 12.0. The summed E-state index contributed by atoms with van der Waals surface area (Å²) in [4.78, 5) is 11.4. The third-order valence-electron chi connectivity index (χ3n) is 2.43. The van der Waals surface area contributed by atoms with Gasteiger partial charge in [0.2, 0.25) is 15.9 Å². The van der Waals surface area contributed by atoms with Gasteiger partial charge in [-0.2, -0.15) is 4.72 Å². The number of phenolic OH excluding ortho intramolecular Hbond substituents is 1. The summed E-state index contributed by atoms with van der Waals surface area (Å²) in [6.07, 6.45) is 0.769. The first-order chi connectivity index (χ1) is 8.88. The van der Waals surface area contributed by atoms with Crippen molar-refractivity contribution in [2.75, 3.05) is 6.54 Å². The van der Waals surface area contributed by atoms with Gasteiger partial charge in [0, 0.05) is 6.54 Å². The van der Waals surface area contributed by atoms with E-state index >= 15 is 0 Å². The molecule has 0 aliphatic carbocycles. The van der Waals surface area contributed by atoms with Gasteiger partial charge in [-0.15, -0.1) is 0 Å². The van der Waals surface area contributed by atoms with E-state index in [1.54, 1.807) is 0 Å². The minimum Gasteiger partial charge on any atom is -0.507 e. The van der Waals surface area contributed by atoms with E-state index in [0.717, 1.165) is 6.42 Å². The fourth-order valence-electron chi connectivity index (χ4n) is 1.44. The number of para-hydroxylation sites is 1. The highest BCUT2D eigenvalue weighted by molar-refractivity contribution is 7.89. The molecule has 1 aromatic carbocycles. The Morgan fingerprint density at radius 3 is 2.58 bits per heavy atom. The highest BCUT2D eigenvalue weighted by Gasteiger charge is 2.23.